The van der Waals surface area contributed by atoms with E-state index in [9.17, 15) is 19.7 Å². The van der Waals surface area contributed by atoms with Crippen molar-refractivity contribution in [2.45, 2.75) is 5.03 Å². The minimum Gasteiger partial charge on any atom is -0.272 e. The number of benzene rings is 2. The van der Waals surface area contributed by atoms with Crippen LogP contribution in [0.15, 0.2) is 72.1 Å². The summed E-state index contributed by atoms with van der Waals surface area (Å²) in [7, 11) is 0. The Balaban J connectivity index is 1.38. The van der Waals surface area contributed by atoms with Crippen LogP contribution in [0.1, 0.15) is 10.4 Å². The lowest BCUT2D eigenvalue weighted by Gasteiger charge is -2.07. The second-order valence-corrected chi connectivity index (χ2v) is 7.37. The van der Waals surface area contributed by atoms with E-state index >= 15 is 0 Å². The van der Waals surface area contributed by atoms with Gasteiger partial charge in [-0.2, -0.15) is 5.10 Å². The van der Waals surface area contributed by atoms with E-state index in [0.29, 0.717) is 16.1 Å². The van der Waals surface area contributed by atoms with Crippen molar-refractivity contribution in [2.75, 3.05) is 5.75 Å². The fourth-order valence-electron chi connectivity index (χ4n) is 2.83. The third kappa shape index (κ3) is 4.54. The molecule has 0 radical (unpaired) electrons. The van der Waals surface area contributed by atoms with E-state index < -0.39 is 16.7 Å². The summed E-state index contributed by atoms with van der Waals surface area (Å²) < 4.78 is 1.68. The van der Waals surface area contributed by atoms with Crippen molar-refractivity contribution in [1.29, 1.82) is 0 Å². The standard InChI is InChI=1S/C20H15N7O4S/c28-17(24-25-19(29)13-5-4-8-15(9-13)27(30)31)11-32-20-16-10-23-26(18(16)21-12-22-20)14-6-2-1-3-7-14/h1-10,12H,11H2,(H,24,28)(H,25,29). The van der Waals surface area contributed by atoms with Gasteiger partial charge in [-0.25, -0.2) is 14.6 Å². The fraction of sp³-hybridized carbons (Fsp3) is 0.0500. The van der Waals surface area contributed by atoms with Crippen LogP contribution in [0.3, 0.4) is 0 Å². The molecule has 4 aromatic rings. The molecule has 2 heterocycles. The number of hydrogen-bond donors (Lipinski definition) is 2. The number of rotatable bonds is 6. The van der Waals surface area contributed by atoms with Gasteiger partial charge >= 0.3 is 0 Å². The number of fused-ring (bicyclic) bond motifs is 1. The summed E-state index contributed by atoms with van der Waals surface area (Å²) in [5.41, 5.74) is 5.81. The first-order valence-electron chi connectivity index (χ1n) is 9.23. The van der Waals surface area contributed by atoms with Crippen LogP contribution < -0.4 is 10.9 Å². The zero-order valence-electron chi connectivity index (χ0n) is 16.3. The highest BCUT2D eigenvalue weighted by molar-refractivity contribution is 8.00. The highest BCUT2D eigenvalue weighted by Gasteiger charge is 2.15. The SMILES string of the molecule is O=C(CSc1ncnc2c1cnn2-c1ccccc1)NNC(=O)c1cccc([N+](=O)[O-])c1. The quantitative estimate of drug-likeness (QED) is 0.197. The Kier molecular flexibility index (Phi) is 6.03. The highest BCUT2D eigenvalue weighted by Crippen LogP contribution is 2.25. The Hall–Kier alpha value is -4.32. The molecule has 0 saturated heterocycles. The number of amides is 2. The second kappa shape index (κ2) is 9.22. The van der Waals surface area contributed by atoms with Crippen molar-refractivity contribution in [3.05, 3.63) is 82.8 Å². The van der Waals surface area contributed by atoms with Gasteiger partial charge in [0.2, 0.25) is 5.91 Å². The van der Waals surface area contributed by atoms with Gasteiger partial charge in [-0.1, -0.05) is 36.0 Å². The number of hydrogen-bond acceptors (Lipinski definition) is 8. The summed E-state index contributed by atoms with van der Waals surface area (Å²) in [4.78, 5) is 43.0. The molecule has 0 aliphatic rings. The van der Waals surface area contributed by atoms with Crippen molar-refractivity contribution >= 4 is 40.3 Å². The topological polar surface area (TPSA) is 145 Å². The highest BCUT2D eigenvalue weighted by atomic mass is 32.2. The van der Waals surface area contributed by atoms with E-state index in [-0.39, 0.29) is 17.0 Å². The molecule has 0 spiro atoms. The van der Waals surface area contributed by atoms with Crippen LogP contribution in [0.5, 0.6) is 0 Å². The maximum absolute atomic E-state index is 12.2. The van der Waals surface area contributed by atoms with Gasteiger partial charge in [0.15, 0.2) is 5.65 Å². The normalized spacial score (nSPS) is 10.6. The van der Waals surface area contributed by atoms with Gasteiger partial charge in [-0.15, -0.1) is 0 Å². The molecule has 4 rings (SSSR count). The first kappa shape index (κ1) is 20.9. The molecule has 0 aliphatic heterocycles. The molecule has 0 unspecified atom stereocenters. The van der Waals surface area contributed by atoms with E-state index in [1.54, 1.807) is 10.9 Å². The first-order chi connectivity index (χ1) is 15.5. The largest absolute Gasteiger partial charge is 0.272 e. The molecular formula is C20H15N7O4S. The van der Waals surface area contributed by atoms with Crippen LogP contribution in [0.25, 0.3) is 16.7 Å². The van der Waals surface area contributed by atoms with E-state index in [2.05, 4.69) is 25.9 Å². The summed E-state index contributed by atoms with van der Waals surface area (Å²) in [5.74, 6) is -1.17. The molecule has 0 saturated carbocycles. The average molecular weight is 449 g/mol. The molecule has 11 nitrogen and oxygen atoms in total. The summed E-state index contributed by atoms with van der Waals surface area (Å²) in [6.45, 7) is 0. The van der Waals surface area contributed by atoms with Crippen molar-refractivity contribution in [1.82, 2.24) is 30.6 Å². The predicted molar refractivity (Wildman–Crippen MR) is 116 cm³/mol. The lowest BCUT2D eigenvalue weighted by molar-refractivity contribution is -0.384. The molecule has 160 valence electrons. The van der Waals surface area contributed by atoms with Crippen LogP contribution in [-0.4, -0.2) is 42.2 Å². The average Bonchev–Trinajstić information content (AvgIpc) is 3.26. The van der Waals surface area contributed by atoms with Gasteiger partial charge in [0.1, 0.15) is 11.4 Å². The minimum absolute atomic E-state index is 0.0299. The summed E-state index contributed by atoms with van der Waals surface area (Å²) >= 11 is 1.16. The first-order valence-corrected chi connectivity index (χ1v) is 10.2. The third-order valence-electron chi connectivity index (χ3n) is 4.30. The maximum Gasteiger partial charge on any atom is 0.270 e. The van der Waals surface area contributed by atoms with Gasteiger partial charge < -0.3 is 0 Å². The van der Waals surface area contributed by atoms with Gasteiger partial charge in [0, 0.05) is 17.7 Å². The molecule has 0 bridgehead atoms. The smallest absolute Gasteiger partial charge is 0.270 e. The van der Waals surface area contributed by atoms with E-state index in [1.165, 1.54) is 24.5 Å². The Labute approximate surface area is 185 Å². The van der Waals surface area contributed by atoms with E-state index in [4.69, 9.17) is 0 Å². The Bertz CT molecular complexity index is 1310. The number of carbonyl (C=O) groups excluding carboxylic acids is 2. The van der Waals surface area contributed by atoms with Gasteiger partial charge in [0.25, 0.3) is 11.6 Å². The van der Waals surface area contributed by atoms with E-state index in [1.807, 2.05) is 30.3 Å². The predicted octanol–water partition coefficient (Wildman–Crippen LogP) is 2.28. The Morgan fingerprint density at radius 2 is 1.88 bits per heavy atom. The molecule has 2 N–H and O–H groups in total. The molecule has 2 aromatic carbocycles. The van der Waals surface area contributed by atoms with Crippen molar-refractivity contribution in [3.8, 4) is 5.69 Å². The van der Waals surface area contributed by atoms with Crippen LogP contribution in [-0.2, 0) is 4.79 Å². The van der Waals surface area contributed by atoms with E-state index in [0.717, 1.165) is 23.5 Å². The Morgan fingerprint density at radius 1 is 1.06 bits per heavy atom. The van der Waals surface area contributed by atoms with Crippen LogP contribution in [0.2, 0.25) is 0 Å². The molecule has 12 heteroatoms. The number of nitrogens with zero attached hydrogens (tertiary/aromatic N) is 5. The molecule has 0 atom stereocenters. The van der Waals surface area contributed by atoms with Crippen molar-refractivity contribution < 1.29 is 14.5 Å². The number of non-ortho nitro benzene ring substituents is 1. The van der Waals surface area contributed by atoms with Gasteiger partial charge in [-0.05, 0) is 18.2 Å². The number of nitro benzene ring substituents is 1. The number of carbonyl (C=O) groups is 2. The summed E-state index contributed by atoms with van der Waals surface area (Å²) in [6, 6.07) is 14.7. The lowest BCUT2D eigenvalue weighted by Crippen LogP contribution is -2.42. The zero-order chi connectivity index (χ0) is 22.5. The van der Waals surface area contributed by atoms with Crippen LogP contribution >= 0.6 is 11.8 Å². The summed E-state index contributed by atoms with van der Waals surface area (Å²) in [5, 5.41) is 16.4. The van der Waals surface area contributed by atoms with Crippen molar-refractivity contribution in [3.63, 3.8) is 0 Å². The zero-order valence-corrected chi connectivity index (χ0v) is 17.2. The molecule has 0 fully saturated rings. The molecule has 32 heavy (non-hydrogen) atoms. The maximum atomic E-state index is 12.2. The second-order valence-electron chi connectivity index (χ2n) is 6.41. The monoisotopic (exact) mass is 449 g/mol. The number of para-hydroxylation sites is 1. The van der Waals surface area contributed by atoms with Crippen LogP contribution in [0.4, 0.5) is 5.69 Å². The Morgan fingerprint density at radius 3 is 2.66 bits per heavy atom. The number of hydrazine groups is 1. The fourth-order valence-corrected chi connectivity index (χ4v) is 3.59. The molecular weight excluding hydrogens is 434 g/mol. The van der Waals surface area contributed by atoms with Gasteiger partial charge in [-0.3, -0.25) is 30.6 Å². The minimum atomic E-state index is -0.666. The lowest BCUT2D eigenvalue weighted by atomic mass is 10.2. The van der Waals surface area contributed by atoms with Crippen LogP contribution in [0, 0.1) is 10.1 Å². The number of nitrogens with one attached hydrogen (secondary N) is 2. The molecule has 0 aliphatic carbocycles. The number of aromatic nitrogens is 4. The number of nitro groups is 1. The summed E-state index contributed by atoms with van der Waals surface area (Å²) in [6.07, 6.45) is 3.03. The van der Waals surface area contributed by atoms with Crippen molar-refractivity contribution in [2.24, 2.45) is 0 Å². The molecule has 2 amide bonds. The molecule has 2 aromatic heterocycles. The number of thioether (sulfide) groups is 1. The third-order valence-corrected chi connectivity index (χ3v) is 5.31. The van der Waals surface area contributed by atoms with Gasteiger partial charge in [0.05, 0.1) is 27.9 Å².